The van der Waals surface area contributed by atoms with E-state index in [1.807, 2.05) is 31.2 Å². The Bertz CT molecular complexity index is 494. The summed E-state index contributed by atoms with van der Waals surface area (Å²) in [5, 5.41) is 6.15. The zero-order chi connectivity index (χ0) is 16.7. The van der Waals surface area contributed by atoms with Crippen molar-refractivity contribution in [3.8, 4) is 0 Å². The van der Waals surface area contributed by atoms with Crippen molar-refractivity contribution < 1.29 is 9.53 Å². The lowest BCUT2D eigenvalue weighted by Crippen LogP contribution is -2.39. The zero-order valence-corrected chi connectivity index (χ0v) is 17.8. The second-order valence-electron chi connectivity index (χ2n) is 6.17. The van der Waals surface area contributed by atoms with Crippen molar-refractivity contribution in [2.75, 3.05) is 33.3 Å². The summed E-state index contributed by atoms with van der Waals surface area (Å²) in [5.41, 5.74) is 0.874. The lowest BCUT2D eigenvalue weighted by atomic mass is 9.93. The first-order valence-corrected chi connectivity index (χ1v) is 9.50. The number of ether oxygens (including phenoxy) is 1. The molecular formula is C17H31Cl2N3O2S. The van der Waals surface area contributed by atoms with E-state index < -0.39 is 0 Å². The smallest absolute Gasteiger partial charge is 0.228 e. The third kappa shape index (κ3) is 7.79. The van der Waals surface area contributed by atoms with E-state index in [1.165, 1.54) is 6.42 Å². The third-order valence-corrected chi connectivity index (χ3v) is 5.49. The van der Waals surface area contributed by atoms with Crippen LogP contribution >= 0.6 is 36.2 Å². The number of nitrogens with zero attached hydrogens (tertiary/aromatic N) is 2. The normalized spacial score (nSPS) is 16.0. The summed E-state index contributed by atoms with van der Waals surface area (Å²) in [6.45, 7) is 7.51. The van der Waals surface area contributed by atoms with Crippen LogP contribution in [0.1, 0.15) is 49.9 Å². The van der Waals surface area contributed by atoms with Crippen LogP contribution in [0.25, 0.3) is 0 Å². The second-order valence-corrected chi connectivity index (χ2v) is 7.06. The van der Waals surface area contributed by atoms with Crippen LogP contribution in [-0.4, -0.2) is 49.1 Å². The molecule has 0 saturated carbocycles. The van der Waals surface area contributed by atoms with Gasteiger partial charge in [0.2, 0.25) is 5.91 Å². The molecular weight excluding hydrogens is 381 g/mol. The molecule has 146 valence electrons. The summed E-state index contributed by atoms with van der Waals surface area (Å²) in [5.74, 6) is 0.961. The highest BCUT2D eigenvalue weighted by Crippen LogP contribution is 2.23. The molecule has 2 rings (SSSR count). The van der Waals surface area contributed by atoms with E-state index in [0.717, 1.165) is 49.1 Å². The van der Waals surface area contributed by atoms with Gasteiger partial charge in [0, 0.05) is 25.1 Å². The Morgan fingerprint density at radius 2 is 2.12 bits per heavy atom. The number of likely N-dealkylation sites (tertiary alicyclic amines) is 1. The molecule has 0 spiro atoms. The molecule has 0 radical (unpaired) electrons. The number of nitrogens with one attached hydrogen (secondary N) is 1. The van der Waals surface area contributed by atoms with Gasteiger partial charge in [-0.05, 0) is 52.6 Å². The van der Waals surface area contributed by atoms with Crippen LogP contribution in [0.5, 0.6) is 0 Å². The summed E-state index contributed by atoms with van der Waals surface area (Å²) in [7, 11) is 1.99. The second kappa shape index (κ2) is 12.9. The summed E-state index contributed by atoms with van der Waals surface area (Å²) >= 11 is 1.58. The van der Waals surface area contributed by atoms with Gasteiger partial charge in [-0.2, -0.15) is 0 Å². The van der Waals surface area contributed by atoms with Crippen molar-refractivity contribution in [2.45, 2.75) is 45.6 Å². The SMILES string of the molecule is CCOC(C)c1nc(CC(=O)N2CCC(CCNC)CC2)cs1.Cl.Cl. The summed E-state index contributed by atoms with van der Waals surface area (Å²) in [6, 6.07) is 0. The number of amides is 1. The summed E-state index contributed by atoms with van der Waals surface area (Å²) in [6.07, 6.45) is 3.88. The van der Waals surface area contributed by atoms with Crippen LogP contribution in [0.15, 0.2) is 5.38 Å². The first kappa shape index (κ1) is 24.6. The molecule has 1 unspecified atom stereocenters. The Morgan fingerprint density at radius 3 is 2.72 bits per heavy atom. The van der Waals surface area contributed by atoms with Gasteiger partial charge < -0.3 is 15.0 Å². The largest absolute Gasteiger partial charge is 0.372 e. The summed E-state index contributed by atoms with van der Waals surface area (Å²) in [4.78, 5) is 19.0. The molecule has 25 heavy (non-hydrogen) atoms. The molecule has 5 nitrogen and oxygen atoms in total. The Balaban J connectivity index is 0.00000288. The molecule has 0 bridgehead atoms. The molecule has 0 aliphatic carbocycles. The number of carbonyl (C=O) groups is 1. The molecule has 1 aliphatic heterocycles. The van der Waals surface area contributed by atoms with Crippen LogP contribution in [0.3, 0.4) is 0 Å². The summed E-state index contributed by atoms with van der Waals surface area (Å²) < 4.78 is 5.55. The monoisotopic (exact) mass is 411 g/mol. The van der Waals surface area contributed by atoms with Crippen LogP contribution in [-0.2, 0) is 16.0 Å². The van der Waals surface area contributed by atoms with Crippen LogP contribution in [0.4, 0.5) is 0 Å². The van der Waals surface area contributed by atoms with Gasteiger partial charge in [-0.15, -0.1) is 36.2 Å². The van der Waals surface area contributed by atoms with Crippen molar-refractivity contribution in [3.63, 3.8) is 0 Å². The predicted octanol–water partition coefficient (Wildman–Crippen LogP) is 3.47. The maximum absolute atomic E-state index is 12.4. The van der Waals surface area contributed by atoms with E-state index in [4.69, 9.17) is 4.74 Å². The Kier molecular flexibility index (Phi) is 12.7. The van der Waals surface area contributed by atoms with Crippen LogP contribution in [0.2, 0.25) is 0 Å². The van der Waals surface area contributed by atoms with Gasteiger partial charge >= 0.3 is 0 Å². The van der Waals surface area contributed by atoms with Gasteiger partial charge in [0.15, 0.2) is 0 Å². The van der Waals surface area contributed by atoms with Gasteiger partial charge in [0.1, 0.15) is 11.1 Å². The van der Waals surface area contributed by atoms with Crippen LogP contribution < -0.4 is 5.32 Å². The van der Waals surface area contributed by atoms with E-state index >= 15 is 0 Å². The molecule has 1 saturated heterocycles. The minimum absolute atomic E-state index is 0. The third-order valence-electron chi connectivity index (χ3n) is 4.44. The minimum atomic E-state index is 0. The number of thiazole rings is 1. The average molecular weight is 412 g/mol. The number of piperidine rings is 1. The quantitative estimate of drug-likeness (QED) is 0.711. The van der Waals surface area contributed by atoms with Gasteiger partial charge in [-0.1, -0.05) is 0 Å². The minimum Gasteiger partial charge on any atom is -0.372 e. The molecule has 2 heterocycles. The molecule has 0 aromatic carbocycles. The van der Waals surface area contributed by atoms with Gasteiger partial charge in [0.05, 0.1) is 12.1 Å². The number of rotatable bonds is 8. The van der Waals surface area contributed by atoms with E-state index in [-0.39, 0.29) is 36.8 Å². The molecule has 1 aromatic rings. The van der Waals surface area contributed by atoms with Gasteiger partial charge in [-0.25, -0.2) is 4.98 Å². The highest BCUT2D eigenvalue weighted by Gasteiger charge is 2.23. The fraction of sp³-hybridized carbons (Fsp3) is 0.765. The van der Waals surface area contributed by atoms with E-state index in [2.05, 4.69) is 10.3 Å². The lowest BCUT2D eigenvalue weighted by molar-refractivity contribution is -0.131. The van der Waals surface area contributed by atoms with E-state index in [0.29, 0.717) is 13.0 Å². The standard InChI is InChI=1S/C17H29N3O2S.2ClH/c1-4-22-13(2)17-19-15(12-23-17)11-16(21)20-9-6-14(7-10-20)5-8-18-3;;/h12-14,18H,4-11H2,1-3H3;2*1H. The molecule has 1 N–H and O–H groups in total. The maximum atomic E-state index is 12.4. The first-order valence-electron chi connectivity index (χ1n) is 8.62. The number of halogens is 2. The number of hydrogen-bond donors (Lipinski definition) is 1. The number of hydrogen-bond acceptors (Lipinski definition) is 5. The lowest BCUT2D eigenvalue weighted by Gasteiger charge is -2.32. The predicted molar refractivity (Wildman–Crippen MR) is 108 cm³/mol. The van der Waals surface area contributed by atoms with E-state index in [1.54, 1.807) is 11.3 Å². The fourth-order valence-electron chi connectivity index (χ4n) is 3.00. The Morgan fingerprint density at radius 1 is 1.44 bits per heavy atom. The first-order chi connectivity index (χ1) is 11.1. The van der Waals surface area contributed by atoms with Gasteiger partial charge in [0.25, 0.3) is 0 Å². The van der Waals surface area contributed by atoms with Crippen molar-refractivity contribution in [2.24, 2.45) is 5.92 Å². The zero-order valence-electron chi connectivity index (χ0n) is 15.3. The average Bonchev–Trinajstić information content (AvgIpc) is 3.02. The molecule has 8 heteroatoms. The van der Waals surface area contributed by atoms with Gasteiger partial charge in [-0.3, -0.25) is 4.79 Å². The highest BCUT2D eigenvalue weighted by atomic mass is 35.5. The molecule has 1 aliphatic rings. The van der Waals surface area contributed by atoms with Crippen molar-refractivity contribution in [3.05, 3.63) is 16.1 Å². The van der Waals surface area contributed by atoms with Crippen molar-refractivity contribution in [1.82, 2.24) is 15.2 Å². The van der Waals surface area contributed by atoms with Crippen molar-refractivity contribution in [1.29, 1.82) is 0 Å². The molecule has 1 fully saturated rings. The highest BCUT2D eigenvalue weighted by molar-refractivity contribution is 7.09. The molecule has 1 amide bonds. The Labute approximate surface area is 167 Å². The number of aromatic nitrogens is 1. The van der Waals surface area contributed by atoms with E-state index in [9.17, 15) is 4.79 Å². The topological polar surface area (TPSA) is 54.5 Å². The molecule has 1 atom stereocenters. The molecule has 1 aromatic heterocycles. The fourth-order valence-corrected chi connectivity index (χ4v) is 3.82. The Hall–Kier alpha value is -0.400. The number of carbonyl (C=O) groups excluding carboxylic acids is 1. The van der Waals surface area contributed by atoms with Crippen LogP contribution in [0, 0.1) is 5.92 Å². The maximum Gasteiger partial charge on any atom is 0.228 e. The van der Waals surface area contributed by atoms with Crippen molar-refractivity contribution >= 4 is 42.1 Å².